The quantitative estimate of drug-likeness (QED) is 0.939. The molecule has 0 aliphatic heterocycles. The number of aryl methyl sites for hydroxylation is 2. The maximum Gasteiger partial charge on any atom is 0.0762 e. The third-order valence-electron chi connectivity index (χ3n) is 2.64. The zero-order valence-corrected chi connectivity index (χ0v) is 11.7. The zero-order chi connectivity index (χ0) is 12.3. The van der Waals surface area contributed by atoms with Gasteiger partial charge in [-0.3, -0.25) is 4.68 Å². The monoisotopic (exact) mass is 293 g/mol. The molecule has 0 bridgehead atoms. The first-order valence-electron chi connectivity index (χ1n) is 5.59. The summed E-state index contributed by atoms with van der Waals surface area (Å²) in [6.45, 7) is 3.75. The Bertz CT molecular complexity index is 505. The summed E-state index contributed by atoms with van der Waals surface area (Å²) in [4.78, 5) is 0. The Morgan fingerprint density at radius 3 is 2.76 bits per heavy atom. The number of hydrogen-bond donors (Lipinski definition) is 1. The number of halogens is 1. The van der Waals surface area contributed by atoms with Gasteiger partial charge in [0.2, 0.25) is 0 Å². The molecule has 17 heavy (non-hydrogen) atoms. The van der Waals surface area contributed by atoms with Crippen LogP contribution in [0.5, 0.6) is 0 Å². The third-order valence-corrected chi connectivity index (χ3v) is 3.49. The maximum absolute atomic E-state index is 4.32. The van der Waals surface area contributed by atoms with Crippen molar-refractivity contribution in [2.45, 2.75) is 20.0 Å². The van der Waals surface area contributed by atoms with Crippen LogP contribution in [0.1, 0.15) is 16.8 Å². The van der Waals surface area contributed by atoms with Gasteiger partial charge in [0.05, 0.1) is 5.69 Å². The van der Waals surface area contributed by atoms with E-state index in [1.54, 1.807) is 0 Å². The highest BCUT2D eigenvalue weighted by Gasteiger charge is 1.99. The number of nitrogens with one attached hydrogen (secondary N) is 1. The Balaban J connectivity index is 1.87. The van der Waals surface area contributed by atoms with E-state index in [4.69, 9.17) is 0 Å². The normalized spacial score (nSPS) is 10.8. The summed E-state index contributed by atoms with van der Waals surface area (Å²) in [5.41, 5.74) is 3.61. The first kappa shape index (κ1) is 12.3. The minimum atomic E-state index is 0.798. The van der Waals surface area contributed by atoms with E-state index in [1.807, 2.05) is 24.0 Å². The Morgan fingerprint density at radius 2 is 2.12 bits per heavy atom. The molecule has 0 saturated heterocycles. The third kappa shape index (κ3) is 3.41. The SMILES string of the molecule is Cc1ccc(CNCc2ccn(C)n2)cc1Br. The van der Waals surface area contributed by atoms with Crippen molar-refractivity contribution < 1.29 is 0 Å². The second-order valence-corrected chi connectivity index (χ2v) is 5.02. The first-order chi connectivity index (χ1) is 8.15. The van der Waals surface area contributed by atoms with Gasteiger partial charge in [0.15, 0.2) is 0 Å². The van der Waals surface area contributed by atoms with E-state index in [9.17, 15) is 0 Å². The van der Waals surface area contributed by atoms with Gasteiger partial charge in [0.25, 0.3) is 0 Å². The van der Waals surface area contributed by atoms with Crippen LogP contribution < -0.4 is 5.32 Å². The van der Waals surface area contributed by atoms with Crippen molar-refractivity contribution in [2.75, 3.05) is 0 Å². The Kier molecular flexibility index (Phi) is 3.97. The number of aromatic nitrogens is 2. The molecule has 0 atom stereocenters. The minimum Gasteiger partial charge on any atom is -0.307 e. The molecule has 0 aliphatic rings. The summed E-state index contributed by atoms with van der Waals surface area (Å²) in [6, 6.07) is 8.45. The van der Waals surface area contributed by atoms with Crippen LogP contribution in [0.2, 0.25) is 0 Å². The second-order valence-electron chi connectivity index (χ2n) is 4.17. The average molecular weight is 294 g/mol. The molecule has 2 rings (SSSR count). The van der Waals surface area contributed by atoms with Crippen molar-refractivity contribution in [3.63, 3.8) is 0 Å². The van der Waals surface area contributed by atoms with E-state index in [0.29, 0.717) is 0 Å². The van der Waals surface area contributed by atoms with Crippen molar-refractivity contribution in [3.05, 3.63) is 51.8 Å². The zero-order valence-electron chi connectivity index (χ0n) is 10.1. The van der Waals surface area contributed by atoms with Crippen LogP contribution in [-0.2, 0) is 20.1 Å². The number of rotatable bonds is 4. The largest absolute Gasteiger partial charge is 0.307 e. The Labute approximate surface area is 110 Å². The lowest BCUT2D eigenvalue weighted by molar-refractivity contribution is 0.656. The molecule has 0 amide bonds. The van der Waals surface area contributed by atoms with Gasteiger partial charge >= 0.3 is 0 Å². The fourth-order valence-corrected chi connectivity index (χ4v) is 2.06. The fourth-order valence-electron chi connectivity index (χ4n) is 1.64. The van der Waals surface area contributed by atoms with Gasteiger partial charge in [-0.2, -0.15) is 5.10 Å². The van der Waals surface area contributed by atoms with Crippen LogP contribution in [0, 0.1) is 6.92 Å². The highest BCUT2D eigenvalue weighted by atomic mass is 79.9. The molecule has 2 aromatic rings. The predicted octanol–water partition coefficient (Wildman–Crippen LogP) is 2.78. The molecule has 0 unspecified atom stereocenters. The molecule has 0 radical (unpaired) electrons. The van der Waals surface area contributed by atoms with Gasteiger partial charge < -0.3 is 5.32 Å². The van der Waals surface area contributed by atoms with E-state index < -0.39 is 0 Å². The molecular formula is C13H16BrN3. The van der Waals surface area contributed by atoms with Gasteiger partial charge in [-0.1, -0.05) is 28.1 Å². The standard InChI is InChI=1S/C13H16BrN3/c1-10-3-4-11(7-13(10)14)8-15-9-12-5-6-17(2)16-12/h3-7,15H,8-9H2,1-2H3. The van der Waals surface area contributed by atoms with Crippen LogP contribution in [0.3, 0.4) is 0 Å². The van der Waals surface area contributed by atoms with Crippen molar-refractivity contribution in [2.24, 2.45) is 7.05 Å². The van der Waals surface area contributed by atoms with Crippen LogP contribution in [0.15, 0.2) is 34.9 Å². The summed E-state index contributed by atoms with van der Waals surface area (Å²) in [5, 5.41) is 7.70. The van der Waals surface area contributed by atoms with E-state index >= 15 is 0 Å². The first-order valence-corrected chi connectivity index (χ1v) is 6.39. The molecule has 1 aromatic carbocycles. The van der Waals surface area contributed by atoms with Crippen LogP contribution >= 0.6 is 15.9 Å². The van der Waals surface area contributed by atoms with E-state index in [2.05, 4.69) is 51.5 Å². The highest BCUT2D eigenvalue weighted by molar-refractivity contribution is 9.10. The lowest BCUT2D eigenvalue weighted by Crippen LogP contribution is -2.13. The van der Waals surface area contributed by atoms with Crippen molar-refractivity contribution in [3.8, 4) is 0 Å². The number of nitrogens with zero attached hydrogens (tertiary/aromatic N) is 2. The second kappa shape index (κ2) is 5.47. The molecule has 90 valence electrons. The van der Waals surface area contributed by atoms with Crippen LogP contribution in [0.25, 0.3) is 0 Å². The van der Waals surface area contributed by atoms with Crippen LogP contribution in [-0.4, -0.2) is 9.78 Å². The van der Waals surface area contributed by atoms with Gasteiger partial charge in [0, 0.05) is 30.8 Å². The van der Waals surface area contributed by atoms with E-state index in [1.165, 1.54) is 11.1 Å². The number of benzene rings is 1. The molecule has 1 N–H and O–H groups in total. The average Bonchev–Trinajstić information content (AvgIpc) is 2.70. The van der Waals surface area contributed by atoms with Gasteiger partial charge in [-0.25, -0.2) is 0 Å². The smallest absolute Gasteiger partial charge is 0.0762 e. The Morgan fingerprint density at radius 1 is 1.29 bits per heavy atom. The lowest BCUT2D eigenvalue weighted by Gasteiger charge is -2.05. The van der Waals surface area contributed by atoms with Gasteiger partial charge in [-0.05, 0) is 30.2 Å². The minimum absolute atomic E-state index is 0.798. The van der Waals surface area contributed by atoms with E-state index in [-0.39, 0.29) is 0 Å². The summed E-state index contributed by atoms with van der Waals surface area (Å²) < 4.78 is 2.98. The predicted molar refractivity (Wildman–Crippen MR) is 72.6 cm³/mol. The van der Waals surface area contributed by atoms with Gasteiger partial charge in [-0.15, -0.1) is 0 Å². The topological polar surface area (TPSA) is 29.9 Å². The molecule has 1 aromatic heterocycles. The molecule has 0 aliphatic carbocycles. The van der Waals surface area contributed by atoms with Crippen molar-refractivity contribution in [1.29, 1.82) is 0 Å². The Hall–Kier alpha value is -1.13. The highest BCUT2D eigenvalue weighted by Crippen LogP contribution is 2.17. The molecule has 4 heteroatoms. The van der Waals surface area contributed by atoms with Gasteiger partial charge in [0.1, 0.15) is 0 Å². The summed E-state index contributed by atoms with van der Waals surface area (Å²) in [5.74, 6) is 0. The number of hydrogen-bond acceptors (Lipinski definition) is 2. The fraction of sp³-hybridized carbons (Fsp3) is 0.308. The molecule has 1 heterocycles. The molecule has 3 nitrogen and oxygen atoms in total. The molecule has 0 fully saturated rings. The molecular weight excluding hydrogens is 278 g/mol. The lowest BCUT2D eigenvalue weighted by atomic mass is 10.1. The summed E-state index contributed by atoms with van der Waals surface area (Å²) in [6.07, 6.45) is 1.96. The maximum atomic E-state index is 4.32. The van der Waals surface area contributed by atoms with Crippen molar-refractivity contribution in [1.82, 2.24) is 15.1 Å². The van der Waals surface area contributed by atoms with Crippen LogP contribution in [0.4, 0.5) is 0 Å². The molecule has 0 saturated carbocycles. The summed E-state index contributed by atoms with van der Waals surface area (Å²) >= 11 is 3.54. The molecule has 0 spiro atoms. The summed E-state index contributed by atoms with van der Waals surface area (Å²) in [7, 11) is 1.93. The van der Waals surface area contributed by atoms with Crippen molar-refractivity contribution >= 4 is 15.9 Å². The van der Waals surface area contributed by atoms with E-state index in [0.717, 1.165) is 23.3 Å².